The lowest BCUT2D eigenvalue weighted by atomic mass is 9.97. The molecule has 6 aromatic heterocycles. The van der Waals surface area contributed by atoms with Gasteiger partial charge < -0.3 is 0 Å². The second-order valence-corrected chi connectivity index (χ2v) is 13.5. The maximum atomic E-state index is 4.75. The normalized spacial score (nSPS) is 11.0. The Hall–Kier alpha value is -6.40. The van der Waals surface area contributed by atoms with E-state index in [0.29, 0.717) is 0 Å². The molecule has 0 aliphatic heterocycles. The fourth-order valence-corrected chi connectivity index (χ4v) is 6.57. The van der Waals surface area contributed by atoms with E-state index in [-0.39, 0.29) is 0 Å². The number of pyridine rings is 6. The third-order valence-corrected chi connectivity index (χ3v) is 9.69. The van der Waals surface area contributed by atoms with Crippen molar-refractivity contribution >= 4 is 0 Å². The molecule has 266 valence electrons. The van der Waals surface area contributed by atoms with E-state index in [1.54, 1.807) is 0 Å². The van der Waals surface area contributed by atoms with Crippen LogP contribution in [0.4, 0.5) is 0 Å². The molecule has 0 unspecified atom stereocenters. The van der Waals surface area contributed by atoms with Crippen LogP contribution < -0.4 is 0 Å². The average Bonchev–Trinajstić information content (AvgIpc) is 3.24. The monoisotopic (exact) mass is 704 g/mol. The lowest BCUT2D eigenvalue weighted by Crippen LogP contribution is -1.98. The van der Waals surface area contributed by atoms with Gasteiger partial charge in [0.05, 0.1) is 34.2 Å². The van der Waals surface area contributed by atoms with Crippen molar-refractivity contribution in [2.75, 3.05) is 0 Å². The van der Waals surface area contributed by atoms with Gasteiger partial charge in [-0.1, -0.05) is 72.8 Å². The highest BCUT2D eigenvalue weighted by Gasteiger charge is 2.10. The Bertz CT molecular complexity index is 2280. The minimum atomic E-state index is 0.869. The van der Waals surface area contributed by atoms with Crippen molar-refractivity contribution < 1.29 is 0 Å². The third kappa shape index (κ3) is 9.14. The smallest absolute Gasteiger partial charge is 0.0918 e. The van der Waals surface area contributed by atoms with Crippen molar-refractivity contribution in [3.63, 3.8) is 0 Å². The number of allylic oxidation sites excluding steroid dienone is 2. The van der Waals surface area contributed by atoms with Crippen LogP contribution in [0, 0.1) is 0 Å². The van der Waals surface area contributed by atoms with Crippen LogP contribution in [0.3, 0.4) is 0 Å². The highest BCUT2D eigenvalue weighted by Crippen LogP contribution is 2.27. The molecular formula is C48H44N6. The highest BCUT2D eigenvalue weighted by molar-refractivity contribution is 5.69. The second-order valence-electron chi connectivity index (χ2n) is 13.5. The van der Waals surface area contributed by atoms with Crippen molar-refractivity contribution in [3.05, 3.63) is 193 Å². The second kappa shape index (κ2) is 17.9. The number of aryl methyl sites for hydroxylation is 6. The van der Waals surface area contributed by atoms with E-state index in [1.165, 1.54) is 38.9 Å². The molecule has 6 nitrogen and oxygen atoms in total. The molecule has 0 spiro atoms. The van der Waals surface area contributed by atoms with E-state index in [4.69, 9.17) is 24.9 Å². The zero-order chi connectivity index (χ0) is 37.0. The summed E-state index contributed by atoms with van der Waals surface area (Å²) in [6.07, 6.45) is 22.8. The van der Waals surface area contributed by atoms with Crippen LogP contribution in [-0.2, 0) is 38.5 Å². The van der Waals surface area contributed by atoms with Crippen molar-refractivity contribution in [1.82, 2.24) is 29.9 Å². The number of nitrogens with zero attached hydrogens (tertiary/aromatic N) is 6. The van der Waals surface area contributed by atoms with Gasteiger partial charge >= 0.3 is 0 Å². The molecular weight excluding hydrogens is 661 g/mol. The van der Waals surface area contributed by atoms with Crippen LogP contribution >= 0.6 is 0 Å². The molecule has 0 saturated heterocycles. The Morgan fingerprint density at radius 3 is 1.30 bits per heavy atom. The molecule has 0 atom stereocenters. The van der Waals surface area contributed by atoms with Crippen LogP contribution in [0.1, 0.15) is 46.2 Å². The first-order valence-corrected chi connectivity index (χ1v) is 18.7. The third-order valence-electron chi connectivity index (χ3n) is 9.69. The maximum absolute atomic E-state index is 4.75. The Morgan fingerprint density at radius 2 is 0.833 bits per heavy atom. The van der Waals surface area contributed by atoms with Gasteiger partial charge in [-0.05, 0) is 127 Å². The molecule has 0 N–H and O–H groups in total. The standard InChI is InChI=1S/C48H44N6/c1-3-5-10-39-12-7-8-14-42(39)41-23-28-46(54-34-41)45-26-21-36(32-52-45)16-15-35-19-24-43(50-30-35)44-25-20-37(31-51-44)17-18-38-22-27-47(53-33-38)48-40(11-6-4-2)13-9-29-49-48/h3-4,7-9,12-14,19-34H,1-2,5-6,10-11,15-18H2. The van der Waals surface area contributed by atoms with Crippen LogP contribution in [0.25, 0.3) is 45.3 Å². The number of hydrogen-bond acceptors (Lipinski definition) is 6. The molecule has 0 amide bonds. The highest BCUT2D eigenvalue weighted by atomic mass is 14.8. The zero-order valence-corrected chi connectivity index (χ0v) is 30.6. The summed E-state index contributed by atoms with van der Waals surface area (Å²) >= 11 is 0. The first-order valence-electron chi connectivity index (χ1n) is 18.7. The average molecular weight is 705 g/mol. The van der Waals surface area contributed by atoms with Crippen LogP contribution in [-0.4, -0.2) is 29.9 Å². The van der Waals surface area contributed by atoms with Gasteiger partial charge in [0.2, 0.25) is 0 Å². The van der Waals surface area contributed by atoms with Gasteiger partial charge in [-0.3, -0.25) is 29.9 Å². The van der Waals surface area contributed by atoms with E-state index >= 15 is 0 Å². The van der Waals surface area contributed by atoms with E-state index in [2.05, 4.69) is 109 Å². The summed E-state index contributed by atoms with van der Waals surface area (Å²) in [5, 5.41) is 0. The van der Waals surface area contributed by atoms with Gasteiger partial charge in [-0.2, -0.15) is 0 Å². The first-order chi connectivity index (χ1) is 26.7. The number of hydrogen-bond donors (Lipinski definition) is 0. The number of aromatic nitrogens is 6. The molecule has 7 rings (SSSR count). The molecule has 0 aliphatic carbocycles. The van der Waals surface area contributed by atoms with Crippen molar-refractivity contribution in [2.45, 2.75) is 51.4 Å². The Balaban J connectivity index is 0.892. The van der Waals surface area contributed by atoms with Crippen molar-refractivity contribution in [1.29, 1.82) is 0 Å². The minimum Gasteiger partial charge on any atom is -0.254 e. The molecule has 6 heteroatoms. The SMILES string of the molecule is C=CCCc1ccccc1-c1ccc(-c2ccc(CCc3ccc(-c4ccc(CCc5ccc(-c6ncccc6CCC=C)nc5)cn4)nc3)cn2)nc1. The molecule has 54 heavy (non-hydrogen) atoms. The topological polar surface area (TPSA) is 77.3 Å². The summed E-state index contributed by atoms with van der Waals surface area (Å²) in [4.78, 5) is 28.3. The van der Waals surface area contributed by atoms with Gasteiger partial charge in [0, 0.05) is 42.7 Å². The lowest BCUT2D eigenvalue weighted by molar-refractivity contribution is 0.937. The molecule has 0 saturated carbocycles. The van der Waals surface area contributed by atoms with Gasteiger partial charge in [0.1, 0.15) is 0 Å². The van der Waals surface area contributed by atoms with Crippen molar-refractivity contribution in [2.24, 2.45) is 0 Å². The van der Waals surface area contributed by atoms with Crippen LogP contribution in [0.5, 0.6) is 0 Å². The van der Waals surface area contributed by atoms with Gasteiger partial charge in [0.15, 0.2) is 0 Å². The van der Waals surface area contributed by atoms with Crippen LogP contribution in [0.15, 0.2) is 160 Å². The largest absolute Gasteiger partial charge is 0.254 e. The Morgan fingerprint density at radius 1 is 0.389 bits per heavy atom. The molecule has 1 aromatic carbocycles. The first kappa shape index (κ1) is 36.0. The fourth-order valence-electron chi connectivity index (χ4n) is 6.57. The predicted octanol–water partition coefficient (Wildman–Crippen LogP) is 10.5. The summed E-state index contributed by atoms with van der Waals surface area (Å²) < 4.78 is 0. The Labute approximate surface area is 318 Å². The molecule has 0 bridgehead atoms. The van der Waals surface area contributed by atoms with Gasteiger partial charge in [-0.25, -0.2) is 0 Å². The summed E-state index contributed by atoms with van der Waals surface area (Å²) in [6, 6.07) is 33.6. The number of rotatable bonds is 16. The molecule has 6 heterocycles. The van der Waals surface area contributed by atoms with Crippen molar-refractivity contribution in [3.8, 4) is 45.3 Å². The minimum absolute atomic E-state index is 0.869. The quantitative estimate of drug-likeness (QED) is 0.0932. The number of benzene rings is 1. The van der Waals surface area contributed by atoms with E-state index < -0.39 is 0 Å². The van der Waals surface area contributed by atoms with Gasteiger partial charge in [-0.15, -0.1) is 13.2 Å². The zero-order valence-electron chi connectivity index (χ0n) is 30.6. The molecule has 0 radical (unpaired) electrons. The van der Waals surface area contributed by atoms with E-state index in [1.807, 2.05) is 55.4 Å². The maximum Gasteiger partial charge on any atom is 0.0918 e. The van der Waals surface area contributed by atoms with E-state index in [0.717, 1.165) is 91.1 Å². The van der Waals surface area contributed by atoms with Gasteiger partial charge in [0.25, 0.3) is 0 Å². The molecule has 0 aliphatic rings. The predicted molar refractivity (Wildman–Crippen MR) is 220 cm³/mol. The summed E-state index contributed by atoms with van der Waals surface area (Å²) in [5.41, 5.74) is 14.9. The summed E-state index contributed by atoms with van der Waals surface area (Å²) in [7, 11) is 0. The van der Waals surface area contributed by atoms with Crippen LogP contribution in [0.2, 0.25) is 0 Å². The summed E-state index contributed by atoms with van der Waals surface area (Å²) in [5.74, 6) is 0. The lowest BCUT2D eigenvalue weighted by Gasteiger charge is -2.09. The molecule has 0 fully saturated rings. The molecule has 7 aromatic rings. The Kier molecular flexibility index (Phi) is 11.9. The summed E-state index contributed by atoms with van der Waals surface area (Å²) in [6.45, 7) is 7.71. The fraction of sp³-hybridized carbons (Fsp3) is 0.167. The van der Waals surface area contributed by atoms with E-state index in [9.17, 15) is 0 Å².